The highest BCUT2D eigenvalue weighted by atomic mass is 35.5. The van der Waals surface area contributed by atoms with Gasteiger partial charge >= 0.3 is 0 Å². The first-order valence-electron chi connectivity index (χ1n) is 4.64. The zero-order chi connectivity index (χ0) is 12.6. The molecule has 1 aromatic heterocycles. The Morgan fingerprint density at radius 3 is 2.41 bits per heavy atom. The van der Waals surface area contributed by atoms with Crippen molar-refractivity contribution in [3.63, 3.8) is 0 Å². The maximum Gasteiger partial charge on any atom is 0.128 e. The van der Waals surface area contributed by atoms with E-state index in [1.54, 1.807) is 6.07 Å². The van der Waals surface area contributed by atoms with E-state index in [2.05, 4.69) is 0 Å². The molecule has 2 rings (SSSR count). The smallest absolute Gasteiger partial charge is 0.128 e. The van der Waals surface area contributed by atoms with Crippen molar-refractivity contribution in [3.8, 4) is 0 Å². The van der Waals surface area contributed by atoms with Crippen LogP contribution in [0.1, 0.15) is 17.2 Å². The van der Waals surface area contributed by atoms with E-state index in [0.717, 1.165) is 0 Å². The fourth-order valence-electron chi connectivity index (χ4n) is 1.49. The Balaban J connectivity index is 2.46. The Hall–Kier alpha value is -0.320. The van der Waals surface area contributed by atoms with Crippen molar-refractivity contribution in [2.24, 2.45) is 5.73 Å². The van der Waals surface area contributed by atoms with Gasteiger partial charge in [0.2, 0.25) is 0 Å². The van der Waals surface area contributed by atoms with Crippen molar-refractivity contribution >= 4 is 46.1 Å². The lowest BCUT2D eigenvalue weighted by Gasteiger charge is -2.12. The number of thiophene rings is 1. The van der Waals surface area contributed by atoms with E-state index < -0.39 is 11.9 Å². The maximum absolute atomic E-state index is 13.6. The van der Waals surface area contributed by atoms with Crippen LogP contribution in [0.15, 0.2) is 24.3 Å². The first-order valence-corrected chi connectivity index (χ1v) is 6.59. The second kappa shape index (κ2) is 5.12. The molecule has 90 valence electrons. The molecule has 1 nitrogen and oxygen atoms in total. The second-order valence-electron chi connectivity index (χ2n) is 3.42. The van der Waals surface area contributed by atoms with Gasteiger partial charge < -0.3 is 5.73 Å². The monoisotopic (exact) mass is 309 g/mol. The van der Waals surface area contributed by atoms with Crippen molar-refractivity contribution in [2.75, 3.05) is 0 Å². The fraction of sp³-hybridized carbons (Fsp3) is 0.0909. The molecule has 0 saturated heterocycles. The summed E-state index contributed by atoms with van der Waals surface area (Å²) in [5.41, 5.74) is 6.86. The van der Waals surface area contributed by atoms with Crippen LogP contribution < -0.4 is 5.73 Å². The summed E-state index contributed by atoms with van der Waals surface area (Å²) in [7, 11) is 0. The molecule has 0 saturated carbocycles. The molecule has 2 N–H and O–H groups in total. The van der Waals surface area contributed by atoms with Crippen LogP contribution in [0, 0.1) is 5.82 Å². The minimum atomic E-state index is -0.676. The molecule has 1 heterocycles. The molecule has 0 aliphatic carbocycles. The molecule has 0 spiro atoms. The average Bonchev–Trinajstić information content (AvgIpc) is 2.60. The summed E-state index contributed by atoms with van der Waals surface area (Å²) >= 11 is 18.8. The summed E-state index contributed by atoms with van der Waals surface area (Å²) < 4.78 is 14.6. The number of hydrogen-bond donors (Lipinski definition) is 1. The topological polar surface area (TPSA) is 26.0 Å². The molecule has 1 atom stereocenters. The number of rotatable bonds is 2. The third-order valence-corrected chi connectivity index (χ3v) is 4.06. The van der Waals surface area contributed by atoms with Crippen LogP contribution >= 0.6 is 46.1 Å². The Morgan fingerprint density at radius 2 is 1.82 bits per heavy atom. The van der Waals surface area contributed by atoms with Gasteiger partial charge in [-0.2, -0.15) is 0 Å². The van der Waals surface area contributed by atoms with E-state index in [4.69, 9.17) is 40.5 Å². The predicted octanol–water partition coefficient (Wildman–Crippen LogP) is 4.90. The minimum Gasteiger partial charge on any atom is -0.320 e. The van der Waals surface area contributed by atoms with Crippen LogP contribution in [0.2, 0.25) is 13.7 Å². The van der Waals surface area contributed by atoms with Gasteiger partial charge in [0.05, 0.1) is 14.7 Å². The largest absolute Gasteiger partial charge is 0.320 e. The van der Waals surface area contributed by atoms with Crippen molar-refractivity contribution in [1.82, 2.24) is 0 Å². The van der Waals surface area contributed by atoms with Crippen LogP contribution in [-0.4, -0.2) is 0 Å². The number of hydrogen-bond acceptors (Lipinski definition) is 2. The molecule has 1 unspecified atom stereocenters. The van der Waals surface area contributed by atoms with Crippen LogP contribution in [0.4, 0.5) is 4.39 Å². The van der Waals surface area contributed by atoms with E-state index in [1.807, 2.05) is 0 Å². The van der Waals surface area contributed by atoms with Crippen molar-refractivity contribution in [2.45, 2.75) is 6.04 Å². The van der Waals surface area contributed by atoms with Crippen molar-refractivity contribution in [3.05, 3.63) is 54.9 Å². The summed E-state index contributed by atoms with van der Waals surface area (Å²) in [6, 6.07) is 5.20. The maximum atomic E-state index is 13.6. The lowest BCUT2D eigenvalue weighted by Crippen LogP contribution is -2.13. The van der Waals surface area contributed by atoms with Gasteiger partial charge in [-0.05, 0) is 24.3 Å². The standard InChI is InChI=1S/C11H7Cl3FNS/c12-5-1-2-8(15)6(3-5)10(16)7-4-9(13)17-11(7)14/h1-4,10H,16H2. The first-order chi connectivity index (χ1) is 7.99. The lowest BCUT2D eigenvalue weighted by molar-refractivity contribution is 0.600. The van der Waals surface area contributed by atoms with Gasteiger partial charge in [-0.3, -0.25) is 0 Å². The first kappa shape index (κ1) is 13.1. The van der Waals surface area contributed by atoms with Gasteiger partial charge in [-0.1, -0.05) is 34.8 Å². The summed E-state index contributed by atoms with van der Waals surface area (Å²) in [4.78, 5) is 0. The van der Waals surface area contributed by atoms with E-state index in [-0.39, 0.29) is 0 Å². The van der Waals surface area contributed by atoms with Gasteiger partial charge in [0, 0.05) is 16.1 Å². The molecule has 0 aliphatic heterocycles. The molecule has 0 radical (unpaired) electrons. The van der Waals surface area contributed by atoms with Gasteiger partial charge in [0.1, 0.15) is 5.82 Å². The average molecular weight is 311 g/mol. The highest BCUT2D eigenvalue weighted by Crippen LogP contribution is 2.37. The Kier molecular flexibility index (Phi) is 3.95. The highest BCUT2D eigenvalue weighted by molar-refractivity contribution is 7.20. The Morgan fingerprint density at radius 1 is 1.12 bits per heavy atom. The summed E-state index contributed by atoms with van der Waals surface area (Å²) in [6.07, 6.45) is 0. The lowest BCUT2D eigenvalue weighted by atomic mass is 10.0. The third-order valence-electron chi connectivity index (χ3n) is 2.31. The van der Waals surface area contributed by atoms with E-state index in [1.165, 1.54) is 29.5 Å². The highest BCUT2D eigenvalue weighted by Gasteiger charge is 2.19. The minimum absolute atomic E-state index is 0.300. The number of halogens is 4. The van der Waals surface area contributed by atoms with Crippen LogP contribution in [0.3, 0.4) is 0 Å². The van der Waals surface area contributed by atoms with Gasteiger partial charge in [0.25, 0.3) is 0 Å². The molecule has 0 amide bonds. The van der Waals surface area contributed by atoms with Crippen LogP contribution in [0.5, 0.6) is 0 Å². The number of benzene rings is 1. The number of nitrogens with two attached hydrogens (primary N) is 1. The Labute approximate surface area is 117 Å². The molecule has 0 fully saturated rings. The molecule has 6 heteroatoms. The zero-order valence-corrected chi connectivity index (χ0v) is 11.5. The summed E-state index contributed by atoms with van der Waals surface area (Å²) in [5, 5.41) is 0.425. The van der Waals surface area contributed by atoms with Gasteiger partial charge in [0.15, 0.2) is 0 Å². The Bertz CT molecular complexity index is 556. The fourth-order valence-corrected chi connectivity index (χ4v) is 3.22. The molecular formula is C11H7Cl3FNS. The van der Waals surface area contributed by atoms with E-state index >= 15 is 0 Å². The predicted molar refractivity (Wildman–Crippen MR) is 71.8 cm³/mol. The van der Waals surface area contributed by atoms with Crippen molar-refractivity contribution < 1.29 is 4.39 Å². The van der Waals surface area contributed by atoms with Gasteiger partial charge in [-0.25, -0.2) is 4.39 Å². The molecule has 0 bridgehead atoms. The molecular weight excluding hydrogens is 304 g/mol. The van der Waals surface area contributed by atoms with Crippen LogP contribution in [0.25, 0.3) is 0 Å². The van der Waals surface area contributed by atoms with Crippen molar-refractivity contribution in [1.29, 1.82) is 0 Å². The van der Waals surface area contributed by atoms with Crippen LogP contribution in [-0.2, 0) is 0 Å². The molecule has 17 heavy (non-hydrogen) atoms. The quantitative estimate of drug-likeness (QED) is 0.839. The summed E-state index contributed by atoms with van der Waals surface area (Å²) in [5.74, 6) is -0.416. The van der Waals surface area contributed by atoms with Gasteiger partial charge in [-0.15, -0.1) is 11.3 Å². The molecule has 0 aliphatic rings. The second-order valence-corrected chi connectivity index (χ2v) is 6.15. The third kappa shape index (κ3) is 2.75. The normalized spacial score (nSPS) is 12.8. The zero-order valence-electron chi connectivity index (χ0n) is 8.38. The van der Waals surface area contributed by atoms with E-state index in [0.29, 0.717) is 24.8 Å². The van der Waals surface area contributed by atoms with E-state index in [9.17, 15) is 4.39 Å². The summed E-state index contributed by atoms with van der Waals surface area (Å²) in [6.45, 7) is 0. The SMILES string of the molecule is NC(c1cc(Cl)ccc1F)c1cc(Cl)sc1Cl. The molecule has 2 aromatic rings. The molecule has 1 aromatic carbocycles.